The van der Waals surface area contributed by atoms with Crippen molar-refractivity contribution in [1.82, 2.24) is 4.90 Å². The minimum atomic E-state index is -0.543. The number of phenolic OH excluding ortho intramolecular Hbond substituents is 1. The molecule has 2 aromatic carbocycles. The van der Waals surface area contributed by atoms with Gasteiger partial charge in [0.1, 0.15) is 11.6 Å². The molecule has 0 radical (unpaired) electrons. The monoisotopic (exact) mass is 372 g/mol. The molecule has 134 valence electrons. The Kier molecular flexibility index (Phi) is 4.32. The van der Waals surface area contributed by atoms with Crippen molar-refractivity contribution in [3.63, 3.8) is 0 Å². The third-order valence-electron chi connectivity index (χ3n) is 5.08. The first-order valence-electron chi connectivity index (χ1n) is 8.50. The molecule has 2 fully saturated rings. The molecule has 2 heterocycles. The van der Waals surface area contributed by atoms with Crippen LogP contribution < -0.4 is 4.90 Å². The predicted octanol–water partition coefficient (Wildman–Crippen LogP) is 3.84. The predicted molar refractivity (Wildman–Crippen MR) is 99.2 cm³/mol. The quantitative estimate of drug-likeness (QED) is 0.654. The summed E-state index contributed by atoms with van der Waals surface area (Å²) in [6.45, 7) is 1.71. The van der Waals surface area contributed by atoms with Gasteiger partial charge in [-0.15, -0.1) is 0 Å². The lowest BCUT2D eigenvalue weighted by atomic mass is 10.1. The molecule has 0 saturated carbocycles. The minimum absolute atomic E-state index is 0.0200. The van der Waals surface area contributed by atoms with E-state index in [2.05, 4.69) is 9.80 Å². The highest BCUT2D eigenvalue weighted by Crippen LogP contribution is 2.35. The van der Waals surface area contributed by atoms with Gasteiger partial charge in [0.15, 0.2) is 5.78 Å². The molecule has 2 atom stereocenters. The van der Waals surface area contributed by atoms with Crippen LogP contribution in [0.25, 0.3) is 0 Å². The molecule has 0 unspecified atom stereocenters. The normalized spacial score (nSPS) is 21.8. The molecule has 2 saturated heterocycles. The van der Waals surface area contributed by atoms with Crippen molar-refractivity contribution in [2.75, 3.05) is 18.0 Å². The summed E-state index contributed by atoms with van der Waals surface area (Å²) in [5, 5.41) is 10.5. The number of phenols is 1. The van der Waals surface area contributed by atoms with E-state index in [4.69, 9.17) is 11.6 Å². The Morgan fingerprint density at radius 2 is 1.92 bits per heavy atom. The maximum atomic E-state index is 13.3. The van der Waals surface area contributed by atoms with E-state index in [0.29, 0.717) is 12.1 Å². The Morgan fingerprint density at radius 1 is 1.15 bits per heavy atom. The molecule has 26 heavy (non-hydrogen) atoms. The first kappa shape index (κ1) is 16.9. The van der Waals surface area contributed by atoms with Gasteiger partial charge in [0.25, 0.3) is 0 Å². The number of carbonyl (C=O) groups excluding carboxylic acids is 1. The standard InChI is InChI=1S/C20H18ClFN2O2/c21-13-1-4-15(5-2-13)24-12-16-10-17(24)11-23(16)8-7-20(26)18-9-14(22)3-6-19(18)25/h1-9,16-17,25H,10-12H2/b8-7+/t16-,17-/m1/s1. The Balaban J connectivity index is 1.42. The highest BCUT2D eigenvalue weighted by atomic mass is 35.5. The number of rotatable bonds is 4. The smallest absolute Gasteiger partial charge is 0.191 e. The SMILES string of the molecule is O=C(/C=C/N1C[C@H]2C[C@@H]1CN2c1ccc(Cl)cc1)c1cc(F)ccc1O. The molecular weight excluding hydrogens is 355 g/mol. The van der Waals surface area contributed by atoms with Gasteiger partial charge in [-0.25, -0.2) is 4.39 Å². The van der Waals surface area contributed by atoms with Crippen molar-refractivity contribution in [3.05, 3.63) is 71.1 Å². The van der Waals surface area contributed by atoms with Gasteiger partial charge in [-0.3, -0.25) is 4.79 Å². The second-order valence-electron chi connectivity index (χ2n) is 6.71. The number of anilines is 1. The molecule has 4 nitrogen and oxygen atoms in total. The Morgan fingerprint density at radius 3 is 2.62 bits per heavy atom. The van der Waals surface area contributed by atoms with Crippen molar-refractivity contribution in [1.29, 1.82) is 0 Å². The number of halogens is 2. The van der Waals surface area contributed by atoms with Crippen LogP contribution in [0.3, 0.4) is 0 Å². The lowest BCUT2D eigenvalue weighted by molar-refractivity contribution is 0.104. The largest absolute Gasteiger partial charge is 0.507 e. The van der Waals surface area contributed by atoms with Crippen molar-refractivity contribution >= 4 is 23.1 Å². The lowest BCUT2D eigenvalue weighted by Gasteiger charge is -2.35. The second-order valence-corrected chi connectivity index (χ2v) is 7.15. The fourth-order valence-electron chi connectivity index (χ4n) is 3.79. The summed E-state index contributed by atoms with van der Waals surface area (Å²) >= 11 is 5.95. The van der Waals surface area contributed by atoms with Crippen LogP contribution in [-0.4, -0.2) is 41.0 Å². The zero-order chi connectivity index (χ0) is 18.3. The summed E-state index contributed by atoms with van der Waals surface area (Å²) in [7, 11) is 0. The fraction of sp³-hybridized carbons (Fsp3) is 0.250. The van der Waals surface area contributed by atoms with Gasteiger partial charge in [0.2, 0.25) is 0 Å². The molecule has 0 spiro atoms. The van der Waals surface area contributed by atoms with E-state index in [-0.39, 0.29) is 11.3 Å². The van der Waals surface area contributed by atoms with Crippen LogP contribution in [-0.2, 0) is 0 Å². The van der Waals surface area contributed by atoms with Crippen LogP contribution in [0.15, 0.2) is 54.7 Å². The van der Waals surface area contributed by atoms with E-state index < -0.39 is 11.6 Å². The summed E-state index contributed by atoms with van der Waals surface area (Å²) in [5.41, 5.74) is 1.14. The number of piperazine rings is 1. The summed E-state index contributed by atoms with van der Waals surface area (Å²) in [6, 6.07) is 11.9. The Hall–Kier alpha value is -2.53. The zero-order valence-electron chi connectivity index (χ0n) is 14.0. The molecule has 1 N–H and O–H groups in total. The van der Waals surface area contributed by atoms with Crippen LogP contribution in [0.2, 0.25) is 5.02 Å². The molecule has 4 rings (SSSR count). The van der Waals surface area contributed by atoms with Crippen LogP contribution in [0, 0.1) is 5.82 Å². The maximum absolute atomic E-state index is 13.3. The number of hydrogen-bond donors (Lipinski definition) is 1. The number of nitrogens with zero attached hydrogens (tertiary/aromatic N) is 2. The number of benzene rings is 2. The van der Waals surface area contributed by atoms with Crippen molar-refractivity contribution < 1.29 is 14.3 Å². The third-order valence-corrected chi connectivity index (χ3v) is 5.33. The van der Waals surface area contributed by atoms with E-state index in [9.17, 15) is 14.3 Å². The number of hydrogen-bond acceptors (Lipinski definition) is 4. The fourth-order valence-corrected chi connectivity index (χ4v) is 3.91. The van der Waals surface area contributed by atoms with Crippen molar-refractivity contribution in [2.45, 2.75) is 18.5 Å². The van der Waals surface area contributed by atoms with Gasteiger partial charge in [0.05, 0.1) is 5.56 Å². The molecule has 2 aliphatic rings. The number of likely N-dealkylation sites (tertiary alicyclic amines) is 1. The first-order valence-corrected chi connectivity index (χ1v) is 8.88. The number of ketones is 1. The first-order chi connectivity index (χ1) is 12.5. The second kappa shape index (κ2) is 6.65. The molecule has 0 aliphatic carbocycles. The Bertz CT molecular complexity index is 869. The van der Waals surface area contributed by atoms with Crippen LogP contribution in [0.5, 0.6) is 5.75 Å². The molecule has 2 aromatic rings. The molecule has 6 heteroatoms. The van der Waals surface area contributed by atoms with Crippen LogP contribution in [0.4, 0.5) is 10.1 Å². The summed E-state index contributed by atoms with van der Waals surface area (Å²) in [6.07, 6.45) is 4.20. The lowest BCUT2D eigenvalue weighted by Crippen LogP contribution is -2.44. The summed E-state index contributed by atoms with van der Waals surface area (Å²) in [4.78, 5) is 16.7. The number of allylic oxidation sites excluding steroid dienone is 1. The van der Waals surface area contributed by atoms with E-state index in [1.165, 1.54) is 12.1 Å². The minimum Gasteiger partial charge on any atom is -0.507 e. The maximum Gasteiger partial charge on any atom is 0.191 e. The molecule has 0 aromatic heterocycles. The van der Waals surface area contributed by atoms with Gasteiger partial charge < -0.3 is 14.9 Å². The molecule has 0 amide bonds. The highest BCUT2D eigenvalue weighted by Gasteiger charge is 2.42. The number of aromatic hydroxyl groups is 1. The molecule has 2 aliphatic heterocycles. The number of fused-ring (bicyclic) bond motifs is 2. The average Bonchev–Trinajstić information content (AvgIpc) is 3.23. The zero-order valence-corrected chi connectivity index (χ0v) is 14.7. The van der Waals surface area contributed by atoms with E-state index >= 15 is 0 Å². The van der Waals surface area contributed by atoms with E-state index in [0.717, 1.165) is 42.4 Å². The topological polar surface area (TPSA) is 43.8 Å². The van der Waals surface area contributed by atoms with Gasteiger partial charge >= 0.3 is 0 Å². The Labute approximate surface area is 156 Å². The van der Waals surface area contributed by atoms with Gasteiger partial charge in [-0.2, -0.15) is 0 Å². The van der Waals surface area contributed by atoms with E-state index in [1.807, 2.05) is 24.3 Å². The van der Waals surface area contributed by atoms with Crippen molar-refractivity contribution in [3.8, 4) is 5.75 Å². The van der Waals surface area contributed by atoms with E-state index in [1.54, 1.807) is 6.20 Å². The third kappa shape index (κ3) is 3.15. The molecular formula is C20H18ClFN2O2. The van der Waals surface area contributed by atoms with Crippen LogP contribution >= 0.6 is 11.6 Å². The highest BCUT2D eigenvalue weighted by molar-refractivity contribution is 6.30. The summed E-state index contributed by atoms with van der Waals surface area (Å²) in [5.74, 6) is -1.16. The van der Waals surface area contributed by atoms with Gasteiger partial charge in [0, 0.05) is 48.2 Å². The average molecular weight is 373 g/mol. The van der Waals surface area contributed by atoms with Crippen molar-refractivity contribution in [2.24, 2.45) is 0 Å². The van der Waals surface area contributed by atoms with Crippen LogP contribution in [0.1, 0.15) is 16.8 Å². The van der Waals surface area contributed by atoms with Gasteiger partial charge in [-0.1, -0.05) is 11.6 Å². The number of carbonyl (C=O) groups is 1. The molecule has 2 bridgehead atoms. The van der Waals surface area contributed by atoms with Gasteiger partial charge in [-0.05, 0) is 48.9 Å². The summed E-state index contributed by atoms with van der Waals surface area (Å²) < 4.78 is 13.3.